The lowest BCUT2D eigenvalue weighted by atomic mass is 9.95. The summed E-state index contributed by atoms with van der Waals surface area (Å²) >= 11 is 0. The highest BCUT2D eigenvalue weighted by Crippen LogP contribution is 2.27. The van der Waals surface area contributed by atoms with Gasteiger partial charge < -0.3 is 9.84 Å². The first kappa shape index (κ1) is 12.1. The summed E-state index contributed by atoms with van der Waals surface area (Å²) in [5.41, 5.74) is 0.883. The molecule has 0 bridgehead atoms. The van der Waals surface area contributed by atoms with E-state index >= 15 is 0 Å². The predicted octanol–water partition coefficient (Wildman–Crippen LogP) is 3.18. The summed E-state index contributed by atoms with van der Waals surface area (Å²) in [6.07, 6.45) is 8.13. The van der Waals surface area contributed by atoms with E-state index in [0.29, 0.717) is 17.8 Å². The van der Waals surface area contributed by atoms with Crippen LogP contribution in [0.4, 0.5) is 5.82 Å². The Morgan fingerprint density at radius 3 is 2.84 bits per heavy atom. The fraction of sp³-hybridized carbons (Fsp3) is 0.500. The van der Waals surface area contributed by atoms with Gasteiger partial charge in [0.15, 0.2) is 5.82 Å². The molecule has 1 aliphatic rings. The minimum Gasteiger partial charge on any atom is -0.367 e. The predicted molar refractivity (Wildman–Crippen MR) is 72.8 cm³/mol. The van der Waals surface area contributed by atoms with E-state index in [9.17, 15) is 0 Å². The van der Waals surface area contributed by atoms with Crippen LogP contribution in [-0.2, 0) is 0 Å². The highest BCUT2D eigenvalue weighted by molar-refractivity contribution is 5.68. The molecular weight excluding hydrogens is 240 g/mol. The Morgan fingerprint density at radius 2 is 2.11 bits per heavy atom. The lowest BCUT2D eigenvalue weighted by Crippen LogP contribution is -2.23. The summed E-state index contributed by atoms with van der Waals surface area (Å²) < 4.78 is 5.24. The zero-order chi connectivity index (χ0) is 13.1. The normalized spacial score (nSPS) is 16.5. The average molecular weight is 258 g/mol. The van der Waals surface area contributed by atoms with E-state index in [1.807, 2.05) is 19.1 Å². The molecular formula is C14H18N4O. The van der Waals surface area contributed by atoms with Gasteiger partial charge in [-0.15, -0.1) is 0 Å². The van der Waals surface area contributed by atoms with Crippen LogP contribution < -0.4 is 5.32 Å². The molecule has 5 heteroatoms. The standard InChI is InChI=1S/C14H18N4O/c1-10-16-14(19-18-10)12-8-5-9-15-13(12)17-11-6-3-2-4-7-11/h5,8-9,11H,2-4,6-7H2,1H3,(H,15,17). The number of anilines is 1. The molecule has 5 nitrogen and oxygen atoms in total. The van der Waals surface area contributed by atoms with E-state index in [1.54, 1.807) is 6.20 Å². The number of pyridine rings is 1. The fourth-order valence-corrected chi connectivity index (χ4v) is 2.54. The van der Waals surface area contributed by atoms with Crippen molar-refractivity contribution in [2.24, 2.45) is 0 Å². The Balaban J connectivity index is 1.84. The molecule has 3 rings (SSSR count). The van der Waals surface area contributed by atoms with Crippen LogP contribution in [0.3, 0.4) is 0 Å². The third-order valence-electron chi connectivity index (χ3n) is 3.51. The molecule has 1 fully saturated rings. The molecule has 0 radical (unpaired) electrons. The fourth-order valence-electron chi connectivity index (χ4n) is 2.54. The van der Waals surface area contributed by atoms with Crippen LogP contribution in [0.5, 0.6) is 0 Å². The van der Waals surface area contributed by atoms with Crippen LogP contribution in [-0.4, -0.2) is 21.2 Å². The maximum Gasteiger partial charge on any atom is 0.261 e. The number of hydrogen-bond acceptors (Lipinski definition) is 5. The maximum atomic E-state index is 5.24. The first-order valence-electron chi connectivity index (χ1n) is 6.85. The van der Waals surface area contributed by atoms with Gasteiger partial charge in [-0.1, -0.05) is 24.4 Å². The third kappa shape index (κ3) is 2.75. The quantitative estimate of drug-likeness (QED) is 0.916. The van der Waals surface area contributed by atoms with E-state index in [0.717, 1.165) is 11.4 Å². The second-order valence-corrected chi connectivity index (χ2v) is 5.03. The number of aromatic nitrogens is 3. The van der Waals surface area contributed by atoms with Gasteiger partial charge in [-0.05, 0) is 31.9 Å². The summed E-state index contributed by atoms with van der Waals surface area (Å²) in [6.45, 7) is 1.82. The molecule has 0 aromatic carbocycles. The van der Waals surface area contributed by atoms with Crippen molar-refractivity contribution >= 4 is 5.82 Å². The minimum atomic E-state index is 0.506. The molecule has 0 aliphatic heterocycles. The Hall–Kier alpha value is -1.91. The molecule has 1 saturated carbocycles. The SMILES string of the molecule is Cc1noc(-c2cccnc2NC2CCCCC2)n1. The van der Waals surface area contributed by atoms with Crippen molar-refractivity contribution in [3.8, 4) is 11.5 Å². The number of hydrogen-bond donors (Lipinski definition) is 1. The Morgan fingerprint density at radius 1 is 1.26 bits per heavy atom. The third-order valence-corrected chi connectivity index (χ3v) is 3.51. The molecule has 0 atom stereocenters. The second kappa shape index (κ2) is 5.38. The summed E-state index contributed by atoms with van der Waals surface area (Å²) in [4.78, 5) is 8.70. The smallest absolute Gasteiger partial charge is 0.261 e. The van der Waals surface area contributed by atoms with E-state index in [-0.39, 0.29) is 0 Å². The summed E-state index contributed by atoms with van der Waals surface area (Å²) in [5.74, 6) is 2.02. The molecule has 2 aromatic rings. The first-order chi connectivity index (χ1) is 9.33. The van der Waals surface area contributed by atoms with Gasteiger partial charge >= 0.3 is 0 Å². The number of nitrogens with one attached hydrogen (secondary N) is 1. The van der Waals surface area contributed by atoms with E-state index in [1.165, 1.54) is 32.1 Å². The largest absolute Gasteiger partial charge is 0.367 e. The summed E-state index contributed by atoms with van der Waals surface area (Å²) in [6, 6.07) is 4.36. The molecule has 0 amide bonds. The van der Waals surface area contributed by atoms with Crippen LogP contribution >= 0.6 is 0 Å². The Kier molecular flexibility index (Phi) is 3.44. The van der Waals surface area contributed by atoms with Gasteiger partial charge in [0.1, 0.15) is 5.82 Å². The number of aryl methyl sites for hydroxylation is 1. The summed E-state index contributed by atoms with van der Waals surface area (Å²) in [7, 11) is 0. The van der Waals surface area contributed by atoms with Crippen molar-refractivity contribution in [2.75, 3.05) is 5.32 Å². The molecule has 1 N–H and O–H groups in total. The zero-order valence-electron chi connectivity index (χ0n) is 11.1. The molecule has 1 aliphatic carbocycles. The van der Waals surface area contributed by atoms with E-state index in [2.05, 4.69) is 20.4 Å². The Bertz CT molecular complexity index is 546. The van der Waals surface area contributed by atoms with Crippen LogP contribution in [0.1, 0.15) is 37.9 Å². The van der Waals surface area contributed by atoms with Gasteiger partial charge in [-0.3, -0.25) is 0 Å². The van der Waals surface area contributed by atoms with Crippen molar-refractivity contribution in [1.29, 1.82) is 0 Å². The molecule has 2 heterocycles. The van der Waals surface area contributed by atoms with Crippen LogP contribution in [0.25, 0.3) is 11.5 Å². The monoisotopic (exact) mass is 258 g/mol. The van der Waals surface area contributed by atoms with Crippen molar-refractivity contribution in [1.82, 2.24) is 15.1 Å². The van der Waals surface area contributed by atoms with Gasteiger partial charge in [0.2, 0.25) is 0 Å². The minimum absolute atomic E-state index is 0.506. The number of nitrogens with zero attached hydrogens (tertiary/aromatic N) is 3. The van der Waals surface area contributed by atoms with Gasteiger partial charge in [0.25, 0.3) is 5.89 Å². The van der Waals surface area contributed by atoms with Gasteiger partial charge in [-0.2, -0.15) is 4.98 Å². The van der Waals surface area contributed by atoms with Crippen LogP contribution in [0, 0.1) is 6.92 Å². The average Bonchev–Trinajstić information content (AvgIpc) is 2.87. The van der Waals surface area contributed by atoms with Crippen molar-refractivity contribution in [2.45, 2.75) is 45.1 Å². The topological polar surface area (TPSA) is 63.8 Å². The van der Waals surface area contributed by atoms with Crippen molar-refractivity contribution in [3.63, 3.8) is 0 Å². The molecule has 19 heavy (non-hydrogen) atoms. The van der Waals surface area contributed by atoms with Gasteiger partial charge in [0, 0.05) is 12.2 Å². The van der Waals surface area contributed by atoms with Gasteiger partial charge in [-0.25, -0.2) is 4.98 Å². The van der Waals surface area contributed by atoms with Crippen molar-refractivity contribution < 1.29 is 4.52 Å². The van der Waals surface area contributed by atoms with E-state index < -0.39 is 0 Å². The molecule has 0 unspecified atom stereocenters. The molecule has 2 aromatic heterocycles. The van der Waals surface area contributed by atoms with Gasteiger partial charge in [0.05, 0.1) is 5.56 Å². The molecule has 0 saturated heterocycles. The lowest BCUT2D eigenvalue weighted by Gasteiger charge is -2.23. The number of rotatable bonds is 3. The maximum absolute atomic E-state index is 5.24. The Labute approximate surface area is 112 Å². The van der Waals surface area contributed by atoms with Crippen LogP contribution in [0.2, 0.25) is 0 Å². The first-order valence-corrected chi connectivity index (χ1v) is 6.85. The second-order valence-electron chi connectivity index (χ2n) is 5.03. The molecule has 100 valence electrons. The van der Waals surface area contributed by atoms with Crippen molar-refractivity contribution in [3.05, 3.63) is 24.2 Å². The highest BCUT2D eigenvalue weighted by Gasteiger charge is 2.17. The summed E-state index contributed by atoms with van der Waals surface area (Å²) in [5, 5.41) is 7.36. The lowest BCUT2D eigenvalue weighted by molar-refractivity contribution is 0.425. The molecule has 0 spiro atoms. The van der Waals surface area contributed by atoms with Crippen LogP contribution in [0.15, 0.2) is 22.9 Å². The van der Waals surface area contributed by atoms with E-state index in [4.69, 9.17) is 4.52 Å². The highest BCUT2D eigenvalue weighted by atomic mass is 16.5. The zero-order valence-corrected chi connectivity index (χ0v) is 11.1.